The van der Waals surface area contributed by atoms with Crippen molar-refractivity contribution < 1.29 is 4.79 Å². The number of pyridine rings is 1. The number of hydrogen-bond donors (Lipinski definition) is 2. The summed E-state index contributed by atoms with van der Waals surface area (Å²) >= 11 is 0. The summed E-state index contributed by atoms with van der Waals surface area (Å²) in [5.41, 5.74) is 1.03. The van der Waals surface area contributed by atoms with Crippen LogP contribution < -0.4 is 15.5 Å². The summed E-state index contributed by atoms with van der Waals surface area (Å²) in [6.07, 6.45) is 6.81. The third kappa shape index (κ3) is 5.58. The second-order valence-corrected chi connectivity index (χ2v) is 8.66. The van der Waals surface area contributed by atoms with Gasteiger partial charge in [0.2, 0.25) is 0 Å². The summed E-state index contributed by atoms with van der Waals surface area (Å²) in [4.78, 5) is 24.0. The zero-order valence-electron chi connectivity index (χ0n) is 17.1. The number of urea groups is 1. The molecule has 3 aliphatic rings. The summed E-state index contributed by atoms with van der Waals surface area (Å²) in [7, 11) is 2.15. The van der Waals surface area contributed by atoms with Gasteiger partial charge in [-0.3, -0.25) is 0 Å². The van der Waals surface area contributed by atoms with Crippen molar-refractivity contribution in [2.45, 2.75) is 38.3 Å². The largest absolute Gasteiger partial charge is 0.354 e. The molecule has 1 aliphatic carbocycles. The van der Waals surface area contributed by atoms with Crippen LogP contribution in [0.25, 0.3) is 0 Å². The van der Waals surface area contributed by atoms with Crippen molar-refractivity contribution in [1.82, 2.24) is 25.4 Å². The molecule has 2 saturated heterocycles. The summed E-state index contributed by atoms with van der Waals surface area (Å²) in [6.45, 7) is 8.18. The lowest BCUT2D eigenvalue weighted by Crippen LogP contribution is -2.48. The van der Waals surface area contributed by atoms with Crippen LogP contribution in [0.1, 0.15) is 31.2 Å². The fourth-order valence-electron chi connectivity index (χ4n) is 4.09. The highest BCUT2D eigenvalue weighted by Crippen LogP contribution is 2.30. The van der Waals surface area contributed by atoms with E-state index in [2.05, 4.69) is 49.5 Å². The smallest absolute Gasteiger partial charge is 0.315 e. The van der Waals surface area contributed by atoms with Gasteiger partial charge < -0.3 is 25.3 Å². The first kappa shape index (κ1) is 19.5. The SMILES string of the molecule is CN1CCN(c2ccc(CNC(=O)NC3CCN(CC4CC4)CC3)cn2)CC1. The molecule has 28 heavy (non-hydrogen) atoms. The van der Waals surface area contributed by atoms with Crippen LogP contribution in [-0.2, 0) is 6.54 Å². The van der Waals surface area contributed by atoms with E-state index in [0.29, 0.717) is 12.6 Å². The number of nitrogens with zero attached hydrogens (tertiary/aromatic N) is 4. The third-order valence-corrected chi connectivity index (χ3v) is 6.23. The lowest BCUT2D eigenvalue weighted by atomic mass is 10.0. The monoisotopic (exact) mass is 386 g/mol. The second-order valence-electron chi connectivity index (χ2n) is 8.66. The number of hydrogen-bond acceptors (Lipinski definition) is 5. The van der Waals surface area contributed by atoms with Gasteiger partial charge >= 0.3 is 6.03 Å². The molecule has 7 nitrogen and oxygen atoms in total. The van der Waals surface area contributed by atoms with Gasteiger partial charge in [0.1, 0.15) is 5.82 Å². The van der Waals surface area contributed by atoms with Crippen LogP contribution in [-0.4, -0.2) is 79.7 Å². The lowest BCUT2D eigenvalue weighted by Gasteiger charge is -2.33. The molecular weight excluding hydrogens is 352 g/mol. The minimum Gasteiger partial charge on any atom is -0.354 e. The van der Waals surface area contributed by atoms with Crippen molar-refractivity contribution in [3.05, 3.63) is 23.9 Å². The Morgan fingerprint density at radius 1 is 1.07 bits per heavy atom. The molecule has 154 valence electrons. The van der Waals surface area contributed by atoms with E-state index in [4.69, 9.17) is 0 Å². The number of anilines is 1. The van der Waals surface area contributed by atoms with Crippen molar-refractivity contribution in [3.63, 3.8) is 0 Å². The number of likely N-dealkylation sites (tertiary alicyclic amines) is 1. The van der Waals surface area contributed by atoms with Crippen molar-refractivity contribution in [1.29, 1.82) is 0 Å². The zero-order chi connectivity index (χ0) is 19.3. The molecule has 2 amide bonds. The molecule has 3 fully saturated rings. The Kier molecular flexibility index (Phi) is 6.32. The normalized spacial score (nSPS) is 22.2. The third-order valence-electron chi connectivity index (χ3n) is 6.23. The average Bonchev–Trinajstić information content (AvgIpc) is 3.53. The topological polar surface area (TPSA) is 63.7 Å². The highest BCUT2D eigenvalue weighted by atomic mass is 16.2. The maximum atomic E-state index is 12.2. The molecule has 2 aliphatic heterocycles. The van der Waals surface area contributed by atoms with Gasteiger partial charge in [-0.1, -0.05) is 6.07 Å². The Morgan fingerprint density at radius 3 is 2.46 bits per heavy atom. The summed E-state index contributed by atoms with van der Waals surface area (Å²) in [6, 6.07) is 4.37. The molecule has 7 heteroatoms. The van der Waals surface area contributed by atoms with E-state index < -0.39 is 0 Å². The molecule has 0 spiro atoms. The van der Waals surface area contributed by atoms with Crippen LogP contribution >= 0.6 is 0 Å². The molecule has 2 N–H and O–H groups in total. The molecule has 0 bridgehead atoms. The van der Waals surface area contributed by atoms with E-state index in [1.165, 1.54) is 19.4 Å². The first-order valence-corrected chi connectivity index (χ1v) is 10.8. The molecule has 0 radical (unpaired) electrons. The summed E-state index contributed by atoms with van der Waals surface area (Å²) in [5, 5.41) is 6.12. The Bertz CT molecular complexity index is 631. The highest BCUT2D eigenvalue weighted by molar-refractivity contribution is 5.74. The zero-order valence-corrected chi connectivity index (χ0v) is 17.1. The molecule has 1 saturated carbocycles. The number of likely N-dealkylation sites (N-methyl/N-ethyl adjacent to an activating group) is 1. The maximum absolute atomic E-state index is 12.2. The Morgan fingerprint density at radius 2 is 1.82 bits per heavy atom. The molecule has 0 unspecified atom stereocenters. The van der Waals surface area contributed by atoms with E-state index in [-0.39, 0.29) is 6.03 Å². The van der Waals surface area contributed by atoms with Crippen molar-refractivity contribution >= 4 is 11.8 Å². The predicted octanol–water partition coefficient (Wildman–Crippen LogP) is 1.51. The fourth-order valence-corrected chi connectivity index (χ4v) is 4.09. The van der Waals surface area contributed by atoms with Crippen LogP contribution in [0.3, 0.4) is 0 Å². The van der Waals surface area contributed by atoms with Crippen molar-refractivity contribution in [2.24, 2.45) is 5.92 Å². The van der Waals surface area contributed by atoms with Gasteiger partial charge in [0.05, 0.1) is 0 Å². The van der Waals surface area contributed by atoms with Gasteiger partial charge in [0.25, 0.3) is 0 Å². The highest BCUT2D eigenvalue weighted by Gasteiger charge is 2.27. The lowest BCUT2D eigenvalue weighted by molar-refractivity contribution is 0.187. The van der Waals surface area contributed by atoms with Crippen LogP contribution in [0, 0.1) is 5.92 Å². The Balaban J connectivity index is 1.15. The van der Waals surface area contributed by atoms with Crippen molar-refractivity contribution in [2.75, 3.05) is 57.8 Å². The van der Waals surface area contributed by atoms with E-state index in [1.54, 1.807) is 0 Å². The number of rotatable bonds is 6. The molecule has 0 atom stereocenters. The fraction of sp³-hybridized carbons (Fsp3) is 0.714. The number of piperidine rings is 1. The molecule has 1 aromatic rings. The predicted molar refractivity (Wildman–Crippen MR) is 112 cm³/mol. The van der Waals surface area contributed by atoms with Crippen LogP contribution in [0.5, 0.6) is 0 Å². The number of amides is 2. The first-order chi connectivity index (χ1) is 13.7. The van der Waals surface area contributed by atoms with Crippen LogP contribution in [0.15, 0.2) is 18.3 Å². The number of carbonyl (C=O) groups excluding carboxylic acids is 1. The average molecular weight is 387 g/mol. The van der Waals surface area contributed by atoms with E-state index >= 15 is 0 Å². The molecule has 4 rings (SSSR count). The Hall–Kier alpha value is -1.86. The second kappa shape index (κ2) is 9.09. The maximum Gasteiger partial charge on any atom is 0.315 e. The van der Waals surface area contributed by atoms with E-state index in [0.717, 1.165) is 69.4 Å². The van der Waals surface area contributed by atoms with Crippen LogP contribution in [0.2, 0.25) is 0 Å². The quantitative estimate of drug-likeness (QED) is 0.776. The number of aromatic nitrogens is 1. The standard InChI is InChI=1S/C21H34N6O/c1-25-10-12-27(13-11-25)20-5-4-18(14-22-20)15-23-21(28)24-19-6-8-26(9-7-19)16-17-2-3-17/h4-5,14,17,19H,2-3,6-13,15-16H2,1H3,(H2,23,24,28). The molecule has 0 aromatic carbocycles. The summed E-state index contributed by atoms with van der Waals surface area (Å²) in [5.74, 6) is 1.98. The van der Waals surface area contributed by atoms with E-state index in [9.17, 15) is 4.79 Å². The Labute approximate surface area is 168 Å². The van der Waals surface area contributed by atoms with Gasteiger partial charge in [-0.15, -0.1) is 0 Å². The number of carbonyl (C=O) groups is 1. The van der Waals surface area contributed by atoms with Gasteiger partial charge in [0, 0.05) is 64.6 Å². The van der Waals surface area contributed by atoms with Gasteiger partial charge in [-0.05, 0) is 50.3 Å². The molecule has 3 heterocycles. The summed E-state index contributed by atoms with van der Waals surface area (Å²) < 4.78 is 0. The van der Waals surface area contributed by atoms with Gasteiger partial charge in [-0.2, -0.15) is 0 Å². The van der Waals surface area contributed by atoms with Crippen LogP contribution in [0.4, 0.5) is 10.6 Å². The first-order valence-electron chi connectivity index (χ1n) is 10.8. The van der Waals surface area contributed by atoms with Crippen molar-refractivity contribution in [3.8, 4) is 0 Å². The van der Waals surface area contributed by atoms with Gasteiger partial charge in [0.15, 0.2) is 0 Å². The minimum absolute atomic E-state index is 0.0659. The molecule has 1 aromatic heterocycles. The minimum atomic E-state index is -0.0659. The van der Waals surface area contributed by atoms with E-state index in [1.807, 2.05) is 6.20 Å². The number of nitrogens with one attached hydrogen (secondary N) is 2. The van der Waals surface area contributed by atoms with Gasteiger partial charge in [-0.25, -0.2) is 9.78 Å². The number of piperazine rings is 1. The molecular formula is C21H34N6O.